The van der Waals surface area contributed by atoms with Gasteiger partial charge in [0.1, 0.15) is 0 Å². The van der Waals surface area contributed by atoms with Gasteiger partial charge in [0, 0.05) is 6.42 Å². The molecule has 1 aromatic heterocycles. The standard InChI is InChI=1S/C6H8N2O2/c1-2-3-6-7-5(4-9)8-10-6/h4H,2-3H2,1H3. The quantitative estimate of drug-likeness (QED) is 0.583. The summed E-state index contributed by atoms with van der Waals surface area (Å²) in [5, 5.41) is 3.40. The van der Waals surface area contributed by atoms with E-state index in [-0.39, 0.29) is 5.82 Å². The molecule has 0 amide bonds. The molecule has 1 aromatic rings. The van der Waals surface area contributed by atoms with Crippen molar-refractivity contribution in [2.75, 3.05) is 0 Å². The molecule has 1 rings (SSSR count). The summed E-state index contributed by atoms with van der Waals surface area (Å²) in [4.78, 5) is 13.8. The molecule has 4 nitrogen and oxygen atoms in total. The van der Waals surface area contributed by atoms with Crippen molar-refractivity contribution in [3.8, 4) is 0 Å². The molecule has 0 aliphatic carbocycles. The van der Waals surface area contributed by atoms with Crippen LogP contribution in [-0.2, 0) is 6.42 Å². The Labute approximate surface area is 58.2 Å². The lowest BCUT2D eigenvalue weighted by Crippen LogP contribution is -1.84. The third-order valence-corrected chi connectivity index (χ3v) is 1.05. The molecule has 0 aliphatic rings. The van der Waals surface area contributed by atoms with E-state index < -0.39 is 0 Å². The molecule has 0 spiro atoms. The summed E-state index contributed by atoms with van der Waals surface area (Å²) >= 11 is 0. The van der Waals surface area contributed by atoms with Crippen LogP contribution in [0.2, 0.25) is 0 Å². The van der Waals surface area contributed by atoms with Crippen LogP contribution < -0.4 is 0 Å². The van der Waals surface area contributed by atoms with Crippen LogP contribution >= 0.6 is 0 Å². The number of carbonyl (C=O) groups is 1. The zero-order valence-corrected chi connectivity index (χ0v) is 5.70. The van der Waals surface area contributed by atoms with Crippen molar-refractivity contribution in [1.29, 1.82) is 0 Å². The molecule has 0 fully saturated rings. The van der Waals surface area contributed by atoms with Crippen molar-refractivity contribution in [3.63, 3.8) is 0 Å². The van der Waals surface area contributed by atoms with Crippen LogP contribution in [0.3, 0.4) is 0 Å². The number of nitrogens with zero attached hydrogens (tertiary/aromatic N) is 2. The van der Waals surface area contributed by atoms with Gasteiger partial charge in [-0.25, -0.2) is 0 Å². The van der Waals surface area contributed by atoms with E-state index >= 15 is 0 Å². The molecule has 0 radical (unpaired) electrons. The fourth-order valence-corrected chi connectivity index (χ4v) is 0.631. The second-order valence-corrected chi connectivity index (χ2v) is 1.91. The number of hydrogen-bond acceptors (Lipinski definition) is 4. The number of aldehydes is 1. The molecule has 10 heavy (non-hydrogen) atoms. The maximum Gasteiger partial charge on any atom is 0.235 e. The molecule has 0 bridgehead atoms. The van der Waals surface area contributed by atoms with E-state index in [1.165, 1.54) is 0 Å². The van der Waals surface area contributed by atoms with E-state index in [1.54, 1.807) is 0 Å². The third-order valence-electron chi connectivity index (χ3n) is 1.05. The summed E-state index contributed by atoms with van der Waals surface area (Å²) < 4.78 is 4.70. The molecule has 0 saturated carbocycles. The highest BCUT2D eigenvalue weighted by molar-refractivity contribution is 5.68. The van der Waals surface area contributed by atoms with Gasteiger partial charge in [-0.2, -0.15) is 4.98 Å². The summed E-state index contributed by atoms with van der Waals surface area (Å²) in [5.74, 6) is 0.660. The molecular formula is C6H8N2O2. The van der Waals surface area contributed by atoms with Gasteiger partial charge in [0.2, 0.25) is 11.7 Å². The highest BCUT2D eigenvalue weighted by Crippen LogP contribution is 1.97. The predicted molar refractivity (Wildman–Crippen MR) is 33.7 cm³/mol. The first-order chi connectivity index (χ1) is 4.86. The van der Waals surface area contributed by atoms with Gasteiger partial charge in [0.05, 0.1) is 0 Å². The number of rotatable bonds is 3. The Hall–Kier alpha value is -1.19. The van der Waals surface area contributed by atoms with E-state index in [2.05, 4.69) is 10.1 Å². The first kappa shape index (κ1) is 6.92. The average Bonchev–Trinajstić information content (AvgIpc) is 2.37. The Kier molecular flexibility index (Phi) is 2.15. The molecule has 0 unspecified atom stereocenters. The molecule has 0 aliphatic heterocycles. The summed E-state index contributed by atoms with van der Waals surface area (Å²) in [6.07, 6.45) is 2.25. The monoisotopic (exact) mass is 140 g/mol. The number of hydrogen-bond donors (Lipinski definition) is 0. The first-order valence-electron chi connectivity index (χ1n) is 3.14. The molecular weight excluding hydrogens is 132 g/mol. The van der Waals surface area contributed by atoms with Crippen molar-refractivity contribution in [2.24, 2.45) is 0 Å². The van der Waals surface area contributed by atoms with Gasteiger partial charge in [0.25, 0.3) is 0 Å². The fourth-order valence-electron chi connectivity index (χ4n) is 0.631. The second-order valence-electron chi connectivity index (χ2n) is 1.91. The SMILES string of the molecule is CCCc1nc(C=O)no1. The van der Waals surface area contributed by atoms with Gasteiger partial charge in [-0.3, -0.25) is 4.79 Å². The lowest BCUT2D eigenvalue weighted by atomic mass is 10.3. The molecule has 4 heteroatoms. The Morgan fingerprint density at radius 3 is 3.00 bits per heavy atom. The van der Waals surface area contributed by atoms with Crippen LogP contribution in [0.25, 0.3) is 0 Å². The second kappa shape index (κ2) is 3.10. The third kappa shape index (κ3) is 1.40. The molecule has 0 saturated heterocycles. The normalized spacial score (nSPS) is 9.70. The van der Waals surface area contributed by atoms with Crippen LogP contribution in [0.5, 0.6) is 0 Å². The Balaban J connectivity index is 2.68. The average molecular weight is 140 g/mol. The Morgan fingerprint density at radius 2 is 2.50 bits per heavy atom. The minimum Gasteiger partial charge on any atom is -0.339 e. The van der Waals surface area contributed by atoms with Gasteiger partial charge in [-0.05, 0) is 6.42 Å². The summed E-state index contributed by atoms with van der Waals surface area (Å²) in [7, 11) is 0. The van der Waals surface area contributed by atoms with Crippen molar-refractivity contribution >= 4 is 6.29 Å². The fraction of sp³-hybridized carbons (Fsp3) is 0.500. The van der Waals surface area contributed by atoms with Gasteiger partial charge < -0.3 is 4.52 Å². The molecule has 54 valence electrons. The highest BCUT2D eigenvalue weighted by Gasteiger charge is 2.01. The van der Waals surface area contributed by atoms with Crippen LogP contribution in [0.4, 0.5) is 0 Å². The maximum atomic E-state index is 10.0. The molecule has 0 N–H and O–H groups in total. The smallest absolute Gasteiger partial charge is 0.235 e. The van der Waals surface area contributed by atoms with Gasteiger partial charge in [-0.1, -0.05) is 12.1 Å². The Morgan fingerprint density at radius 1 is 1.70 bits per heavy atom. The topological polar surface area (TPSA) is 56.0 Å². The van der Waals surface area contributed by atoms with Crippen LogP contribution in [0.1, 0.15) is 29.9 Å². The van der Waals surface area contributed by atoms with E-state index in [4.69, 9.17) is 4.52 Å². The van der Waals surface area contributed by atoms with Crippen molar-refractivity contribution in [1.82, 2.24) is 10.1 Å². The Bertz CT molecular complexity index is 219. The number of aryl methyl sites for hydroxylation is 1. The zero-order chi connectivity index (χ0) is 7.40. The first-order valence-corrected chi connectivity index (χ1v) is 3.14. The van der Waals surface area contributed by atoms with E-state index in [0.29, 0.717) is 12.2 Å². The van der Waals surface area contributed by atoms with Gasteiger partial charge in [-0.15, -0.1) is 0 Å². The van der Waals surface area contributed by atoms with E-state index in [1.807, 2.05) is 6.92 Å². The minimum absolute atomic E-state index is 0.128. The van der Waals surface area contributed by atoms with Gasteiger partial charge >= 0.3 is 0 Å². The summed E-state index contributed by atoms with van der Waals surface area (Å²) in [6, 6.07) is 0. The summed E-state index contributed by atoms with van der Waals surface area (Å²) in [5.41, 5.74) is 0. The summed E-state index contributed by atoms with van der Waals surface area (Å²) in [6.45, 7) is 2.00. The largest absolute Gasteiger partial charge is 0.339 e. The highest BCUT2D eigenvalue weighted by atomic mass is 16.5. The van der Waals surface area contributed by atoms with Crippen LogP contribution in [0, 0.1) is 0 Å². The zero-order valence-electron chi connectivity index (χ0n) is 5.70. The van der Waals surface area contributed by atoms with Crippen LogP contribution in [-0.4, -0.2) is 16.4 Å². The number of aromatic nitrogens is 2. The molecule has 1 heterocycles. The van der Waals surface area contributed by atoms with E-state index in [9.17, 15) is 4.79 Å². The molecule has 0 atom stereocenters. The number of carbonyl (C=O) groups excluding carboxylic acids is 1. The van der Waals surface area contributed by atoms with Crippen molar-refractivity contribution in [2.45, 2.75) is 19.8 Å². The van der Waals surface area contributed by atoms with E-state index in [0.717, 1.165) is 12.8 Å². The van der Waals surface area contributed by atoms with Gasteiger partial charge in [0.15, 0.2) is 6.29 Å². The predicted octanol–water partition coefficient (Wildman–Crippen LogP) is 0.835. The van der Waals surface area contributed by atoms with Crippen LogP contribution in [0.15, 0.2) is 4.52 Å². The minimum atomic E-state index is 0.128. The lowest BCUT2D eigenvalue weighted by molar-refractivity contribution is 0.111. The maximum absolute atomic E-state index is 10.0. The molecule has 0 aromatic carbocycles. The lowest BCUT2D eigenvalue weighted by Gasteiger charge is -1.81. The van der Waals surface area contributed by atoms with Crippen molar-refractivity contribution < 1.29 is 9.32 Å². The van der Waals surface area contributed by atoms with Crippen molar-refractivity contribution in [3.05, 3.63) is 11.7 Å².